The Hall–Kier alpha value is -3.82. The maximum atomic E-state index is 12.9. The minimum atomic E-state index is -0.437. The van der Waals surface area contributed by atoms with Crippen LogP contribution in [0.2, 0.25) is 0 Å². The number of carbonyl (C=O) groups excluding carboxylic acids is 1. The molecule has 3 aromatic carbocycles. The summed E-state index contributed by atoms with van der Waals surface area (Å²) < 4.78 is 5.42. The van der Waals surface area contributed by atoms with Gasteiger partial charge in [0.2, 0.25) is 11.1 Å². The second-order valence-corrected chi connectivity index (χ2v) is 10.2. The minimum Gasteiger partial charge on any atom is -0.496 e. The molecule has 0 saturated carbocycles. The molecule has 2 aromatic heterocycles. The molecule has 1 aliphatic carbocycles. The number of thioether (sulfide) groups is 1. The molecule has 7 nitrogen and oxygen atoms in total. The van der Waals surface area contributed by atoms with E-state index in [0.29, 0.717) is 10.3 Å². The minimum absolute atomic E-state index is 0.176. The lowest BCUT2D eigenvalue weighted by Gasteiger charge is -2.10. The normalized spacial score (nSPS) is 12.4. The van der Waals surface area contributed by atoms with Crippen molar-refractivity contribution in [2.75, 3.05) is 12.4 Å². The van der Waals surface area contributed by atoms with Crippen molar-refractivity contribution in [3.8, 4) is 39.5 Å². The monoisotopic (exact) mass is 497 g/mol. The fourth-order valence-corrected chi connectivity index (χ4v) is 5.62. The zero-order chi connectivity index (χ0) is 23.9. The molecule has 6 rings (SSSR count). The van der Waals surface area contributed by atoms with Crippen LogP contribution in [0.4, 0.5) is 5.13 Å². The number of nitrogens with zero attached hydrogens (tertiary/aromatic N) is 4. The van der Waals surface area contributed by atoms with E-state index in [1.807, 2.05) is 54.8 Å². The Labute approximate surface area is 209 Å². The van der Waals surface area contributed by atoms with Gasteiger partial charge < -0.3 is 10.1 Å². The van der Waals surface area contributed by atoms with Crippen LogP contribution in [0.15, 0.2) is 71.2 Å². The molecule has 1 amide bonds. The van der Waals surface area contributed by atoms with Gasteiger partial charge in [0.25, 0.3) is 0 Å². The predicted molar refractivity (Wildman–Crippen MR) is 140 cm³/mol. The molecule has 0 bridgehead atoms. The molecule has 5 aromatic rings. The molecule has 1 N–H and O–H groups in total. The van der Waals surface area contributed by atoms with E-state index in [1.165, 1.54) is 23.1 Å². The number of hydrogen-bond donors (Lipinski definition) is 1. The highest BCUT2D eigenvalue weighted by Gasteiger charge is 2.26. The molecule has 0 aliphatic heterocycles. The number of rotatable bonds is 6. The Morgan fingerprint density at radius 1 is 0.943 bits per heavy atom. The third-order valence-electron chi connectivity index (χ3n) is 5.85. The average molecular weight is 498 g/mol. The Kier molecular flexibility index (Phi) is 5.43. The Morgan fingerprint density at radius 2 is 1.69 bits per heavy atom. The lowest BCUT2D eigenvalue weighted by atomic mass is 10.0. The number of fused-ring (bicyclic) bond motifs is 3. The summed E-state index contributed by atoms with van der Waals surface area (Å²) in [5.74, 6) is 0.559. The van der Waals surface area contributed by atoms with E-state index < -0.39 is 5.25 Å². The number of carbonyl (C=O) groups is 1. The van der Waals surface area contributed by atoms with Crippen LogP contribution in [-0.4, -0.2) is 38.4 Å². The molecular weight excluding hydrogens is 478 g/mol. The number of methoxy groups -OCH3 is 1. The maximum Gasteiger partial charge on any atom is 0.239 e. The van der Waals surface area contributed by atoms with Crippen molar-refractivity contribution in [3.63, 3.8) is 0 Å². The van der Waals surface area contributed by atoms with Gasteiger partial charge in [0.05, 0.1) is 18.1 Å². The molecule has 0 saturated heterocycles. The zero-order valence-electron chi connectivity index (χ0n) is 18.9. The van der Waals surface area contributed by atoms with Crippen LogP contribution < -0.4 is 10.1 Å². The maximum absolute atomic E-state index is 12.9. The van der Waals surface area contributed by atoms with E-state index in [-0.39, 0.29) is 5.91 Å². The first kappa shape index (κ1) is 21.7. The predicted octanol–water partition coefficient (Wildman–Crippen LogP) is 5.92. The van der Waals surface area contributed by atoms with Gasteiger partial charge in [-0.15, -0.1) is 21.5 Å². The number of amides is 1. The van der Waals surface area contributed by atoms with Crippen LogP contribution in [0.25, 0.3) is 44.5 Å². The number of para-hydroxylation sites is 1. The van der Waals surface area contributed by atoms with Crippen molar-refractivity contribution in [2.24, 2.45) is 0 Å². The van der Waals surface area contributed by atoms with Gasteiger partial charge in [-0.2, -0.15) is 0 Å². The highest BCUT2D eigenvalue weighted by Crippen LogP contribution is 2.45. The van der Waals surface area contributed by atoms with Crippen LogP contribution in [0.3, 0.4) is 0 Å². The van der Waals surface area contributed by atoms with Crippen molar-refractivity contribution in [2.45, 2.75) is 17.3 Å². The SMILES string of the molecule is COc1ccccc1-c1csc(NC(=O)C(C)Sc2nnc3c(n2)-c2cccc4cccc-3c24)n1. The summed E-state index contributed by atoms with van der Waals surface area (Å²) in [7, 11) is 1.63. The Morgan fingerprint density at radius 3 is 2.49 bits per heavy atom. The molecule has 1 atom stereocenters. The molecule has 0 radical (unpaired) electrons. The molecule has 0 fully saturated rings. The lowest BCUT2D eigenvalue weighted by molar-refractivity contribution is -0.115. The van der Waals surface area contributed by atoms with E-state index in [9.17, 15) is 4.79 Å². The molecule has 2 heterocycles. The number of benzene rings is 3. The summed E-state index contributed by atoms with van der Waals surface area (Å²) in [5.41, 5.74) is 5.32. The quantitative estimate of drug-likeness (QED) is 0.286. The van der Waals surface area contributed by atoms with Crippen molar-refractivity contribution < 1.29 is 9.53 Å². The fourth-order valence-electron chi connectivity index (χ4n) is 4.20. The van der Waals surface area contributed by atoms with Crippen LogP contribution in [-0.2, 0) is 4.79 Å². The number of aromatic nitrogens is 4. The summed E-state index contributed by atoms with van der Waals surface area (Å²) >= 11 is 2.65. The van der Waals surface area contributed by atoms with E-state index in [1.54, 1.807) is 7.11 Å². The van der Waals surface area contributed by atoms with E-state index in [4.69, 9.17) is 9.72 Å². The molecule has 172 valence electrons. The van der Waals surface area contributed by atoms with Crippen LogP contribution in [0.1, 0.15) is 6.92 Å². The van der Waals surface area contributed by atoms with Gasteiger partial charge in [-0.05, 0) is 24.4 Å². The molecule has 1 aliphatic rings. The number of anilines is 1. The number of nitrogens with one attached hydrogen (secondary N) is 1. The third kappa shape index (κ3) is 3.82. The van der Waals surface area contributed by atoms with Gasteiger partial charge in [-0.3, -0.25) is 4.79 Å². The van der Waals surface area contributed by atoms with Crippen LogP contribution >= 0.6 is 23.1 Å². The van der Waals surface area contributed by atoms with Crippen molar-refractivity contribution in [3.05, 3.63) is 66.0 Å². The molecule has 9 heteroatoms. The second-order valence-electron chi connectivity index (χ2n) is 7.99. The summed E-state index contributed by atoms with van der Waals surface area (Å²) in [6.45, 7) is 1.82. The van der Waals surface area contributed by atoms with E-state index in [0.717, 1.165) is 50.3 Å². The Bertz CT molecular complexity index is 1600. The van der Waals surface area contributed by atoms with Crippen LogP contribution in [0.5, 0.6) is 5.75 Å². The topological polar surface area (TPSA) is 89.9 Å². The highest BCUT2D eigenvalue weighted by atomic mass is 32.2. The van der Waals surface area contributed by atoms with Gasteiger partial charge in [-0.25, -0.2) is 9.97 Å². The van der Waals surface area contributed by atoms with Gasteiger partial charge in [-0.1, -0.05) is 60.3 Å². The van der Waals surface area contributed by atoms with Gasteiger partial charge in [0.1, 0.15) is 17.1 Å². The molecule has 35 heavy (non-hydrogen) atoms. The Balaban J connectivity index is 1.19. The molecular formula is C26H19N5O2S2. The fraction of sp³-hybridized carbons (Fsp3) is 0.115. The van der Waals surface area contributed by atoms with Crippen LogP contribution in [0, 0.1) is 0 Å². The van der Waals surface area contributed by atoms with Gasteiger partial charge in [0, 0.05) is 27.5 Å². The second kappa shape index (κ2) is 8.75. The van der Waals surface area contributed by atoms with Crippen molar-refractivity contribution in [1.29, 1.82) is 0 Å². The first-order valence-corrected chi connectivity index (χ1v) is 12.7. The average Bonchev–Trinajstić information content (AvgIpc) is 3.48. The smallest absolute Gasteiger partial charge is 0.239 e. The standard InChI is InChI=1S/C26H19N5O2S2/c1-14(24(32)29-25-27-19(13-34-25)16-9-3-4-12-20(16)33-2)35-26-28-22-17-10-5-7-15-8-6-11-18(21(15)17)23(22)30-31-26/h3-14H,1-2H3,(H,27,29,32). The largest absolute Gasteiger partial charge is 0.496 e. The van der Waals surface area contributed by atoms with E-state index >= 15 is 0 Å². The first-order valence-electron chi connectivity index (χ1n) is 11.0. The third-order valence-corrected chi connectivity index (χ3v) is 7.56. The number of ether oxygens (including phenoxy) is 1. The number of thiazole rings is 1. The van der Waals surface area contributed by atoms with E-state index in [2.05, 4.69) is 38.7 Å². The number of hydrogen-bond acceptors (Lipinski definition) is 8. The summed E-state index contributed by atoms with van der Waals surface area (Å²) in [6.07, 6.45) is 0. The first-order chi connectivity index (χ1) is 17.1. The molecule has 0 spiro atoms. The van der Waals surface area contributed by atoms with Crippen molar-refractivity contribution >= 4 is 44.9 Å². The highest BCUT2D eigenvalue weighted by molar-refractivity contribution is 8.00. The zero-order valence-corrected chi connectivity index (χ0v) is 20.5. The van der Waals surface area contributed by atoms with Crippen molar-refractivity contribution in [1.82, 2.24) is 20.2 Å². The summed E-state index contributed by atoms with van der Waals surface area (Å²) in [5, 5.41) is 16.4. The lowest BCUT2D eigenvalue weighted by Crippen LogP contribution is -2.22. The van der Waals surface area contributed by atoms with Gasteiger partial charge in [0.15, 0.2) is 5.13 Å². The molecule has 1 unspecified atom stereocenters. The van der Waals surface area contributed by atoms with Gasteiger partial charge >= 0.3 is 0 Å². The summed E-state index contributed by atoms with van der Waals surface area (Å²) in [6, 6.07) is 20.0. The summed E-state index contributed by atoms with van der Waals surface area (Å²) in [4.78, 5) is 22.2.